The van der Waals surface area contributed by atoms with Crippen LogP contribution in [0.2, 0.25) is 0 Å². The maximum Gasteiger partial charge on any atom is 0.290 e. The first kappa shape index (κ1) is 21.1. The van der Waals surface area contributed by atoms with E-state index in [-0.39, 0.29) is 16.0 Å². The van der Waals surface area contributed by atoms with Gasteiger partial charge in [-0.2, -0.15) is 9.82 Å². The van der Waals surface area contributed by atoms with Gasteiger partial charge in [-0.25, -0.2) is 13.5 Å². The van der Waals surface area contributed by atoms with Crippen LogP contribution in [0.3, 0.4) is 0 Å². The van der Waals surface area contributed by atoms with Gasteiger partial charge in [0.25, 0.3) is 17.4 Å². The normalized spacial score (nSPS) is 12.3. The van der Waals surface area contributed by atoms with Crippen LogP contribution >= 0.6 is 0 Å². The highest BCUT2D eigenvalue weighted by Gasteiger charge is 2.23. The molecule has 156 valence electrons. The summed E-state index contributed by atoms with van der Waals surface area (Å²) in [6.45, 7) is 3.16. The fourth-order valence-corrected chi connectivity index (χ4v) is 3.85. The molecule has 0 spiro atoms. The van der Waals surface area contributed by atoms with Gasteiger partial charge in [0.2, 0.25) is 10.0 Å². The Kier molecular flexibility index (Phi) is 5.94. The molecule has 4 N–H and O–H groups in total. The van der Waals surface area contributed by atoms with Crippen molar-refractivity contribution in [3.63, 3.8) is 0 Å². The number of fused-ring (bicyclic) bond motifs is 1. The molecule has 3 rings (SSSR count). The molecule has 1 unspecified atom stereocenters. The quantitative estimate of drug-likeness (QED) is 0.430. The third kappa shape index (κ3) is 4.53. The first-order chi connectivity index (χ1) is 14.2. The molecule has 30 heavy (non-hydrogen) atoms. The molecule has 0 saturated heterocycles. The lowest BCUT2D eigenvalue weighted by Gasteiger charge is -2.15. The second-order valence-corrected chi connectivity index (χ2v) is 8.26. The molecule has 0 aliphatic carbocycles. The van der Waals surface area contributed by atoms with Crippen molar-refractivity contribution in [1.82, 2.24) is 25.8 Å². The fourth-order valence-electron chi connectivity index (χ4n) is 2.65. The summed E-state index contributed by atoms with van der Waals surface area (Å²) in [5, 5.41) is 6.51. The highest BCUT2D eigenvalue weighted by molar-refractivity contribution is 7.89. The van der Waals surface area contributed by atoms with Gasteiger partial charge in [-0.3, -0.25) is 25.2 Å². The van der Waals surface area contributed by atoms with E-state index in [4.69, 9.17) is 0 Å². The number of aromatic nitrogens is 2. The molecule has 0 bridgehead atoms. The Morgan fingerprint density at radius 2 is 1.63 bits per heavy atom. The molecule has 0 aliphatic heterocycles. The van der Waals surface area contributed by atoms with E-state index >= 15 is 0 Å². The molecule has 3 aromatic rings. The van der Waals surface area contributed by atoms with Crippen molar-refractivity contribution in [2.24, 2.45) is 0 Å². The van der Waals surface area contributed by atoms with Gasteiger partial charge in [0.05, 0.1) is 16.3 Å². The minimum Gasteiger partial charge on any atom is -0.271 e. The molecule has 0 fully saturated rings. The summed E-state index contributed by atoms with van der Waals surface area (Å²) in [5.74, 6) is -1.56. The topological polar surface area (TPSA) is 150 Å². The van der Waals surface area contributed by atoms with Gasteiger partial charge >= 0.3 is 0 Å². The number of amides is 2. The zero-order valence-corrected chi connectivity index (χ0v) is 16.9. The predicted octanol–water partition coefficient (Wildman–Crippen LogP) is 0.360. The molecule has 1 aromatic heterocycles. The predicted molar refractivity (Wildman–Crippen MR) is 109 cm³/mol. The SMILES string of the molecule is Cc1ccc(S(=O)(=O)NC(C)C(=O)NNC(=O)c2n[nH]c(=O)c3ccccc23)cc1. The first-order valence-electron chi connectivity index (χ1n) is 8.85. The van der Waals surface area contributed by atoms with Crippen LogP contribution in [0.5, 0.6) is 0 Å². The van der Waals surface area contributed by atoms with Gasteiger partial charge in [0, 0.05) is 5.39 Å². The number of rotatable bonds is 5. The van der Waals surface area contributed by atoms with Crippen molar-refractivity contribution in [2.75, 3.05) is 0 Å². The van der Waals surface area contributed by atoms with E-state index < -0.39 is 33.4 Å². The van der Waals surface area contributed by atoms with Gasteiger partial charge in [-0.05, 0) is 32.0 Å². The van der Waals surface area contributed by atoms with E-state index in [0.717, 1.165) is 5.56 Å². The summed E-state index contributed by atoms with van der Waals surface area (Å²) >= 11 is 0. The van der Waals surface area contributed by atoms with Crippen molar-refractivity contribution in [3.05, 3.63) is 70.1 Å². The third-order valence-corrected chi connectivity index (χ3v) is 5.82. The van der Waals surface area contributed by atoms with Crippen molar-refractivity contribution >= 4 is 32.6 Å². The van der Waals surface area contributed by atoms with E-state index in [2.05, 4.69) is 25.8 Å². The lowest BCUT2D eigenvalue weighted by molar-refractivity contribution is -0.123. The Morgan fingerprint density at radius 1 is 1.00 bits per heavy atom. The van der Waals surface area contributed by atoms with Crippen LogP contribution in [0.15, 0.2) is 58.2 Å². The number of benzene rings is 2. The number of aryl methyl sites for hydroxylation is 1. The van der Waals surface area contributed by atoms with Crippen LogP contribution in [0, 0.1) is 6.92 Å². The van der Waals surface area contributed by atoms with E-state index in [1.165, 1.54) is 25.1 Å². The minimum atomic E-state index is -3.92. The number of sulfonamides is 1. The maximum absolute atomic E-state index is 12.4. The summed E-state index contributed by atoms with van der Waals surface area (Å²) in [5.41, 5.74) is 4.65. The van der Waals surface area contributed by atoms with Crippen molar-refractivity contribution < 1.29 is 18.0 Å². The number of carbonyl (C=O) groups excluding carboxylic acids is 2. The summed E-state index contributed by atoms with van der Waals surface area (Å²) in [6.07, 6.45) is 0. The Bertz CT molecular complexity index is 1270. The van der Waals surface area contributed by atoms with Crippen molar-refractivity contribution in [1.29, 1.82) is 0 Å². The Labute approximate surface area is 171 Å². The first-order valence-corrected chi connectivity index (χ1v) is 10.3. The second-order valence-electron chi connectivity index (χ2n) is 6.55. The highest BCUT2D eigenvalue weighted by atomic mass is 32.2. The summed E-state index contributed by atoms with van der Waals surface area (Å²) in [6, 6.07) is 11.3. The summed E-state index contributed by atoms with van der Waals surface area (Å²) in [4.78, 5) is 36.4. The van der Waals surface area contributed by atoms with Gasteiger partial charge in [-0.15, -0.1) is 0 Å². The number of hydrogen-bond acceptors (Lipinski definition) is 6. The number of nitrogens with one attached hydrogen (secondary N) is 4. The van der Waals surface area contributed by atoms with Crippen LogP contribution in [-0.2, 0) is 14.8 Å². The summed E-state index contributed by atoms with van der Waals surface area (Å²) < 4.78 is 27.0. The standard InChI is InChI=1S/C19H19N5O5S/c1-11-7-9-13(10-8-11)30(28,29)24-12(2)17(25)21-23-19(27)16-14-5-3-4-6-15(14)18(26)22-20-16/h3-10,12,24H,1-2H3,(H,21,25)(H,22,26)(H,23,27). The molecule has 2 aromatic carbocycles. The zero-order chi connectivity index (χ0) is 21.9. The number of aromatic amines is 1. The lowest BCUT2D eigenvalue weighted by Crippen LogP contribution is -2.51. The smallest absolute Gasteiger partial charge is 0.271 e. The molecular formula is C19H19N5O5S. The van der Waals surface area contributed by atoms with Gasteiger partial charge in [0.1, 0.15) is 0 Å². The van der Waals surface area contributed by atoms with Crippen molar-refractivity contribution in [2.45, 2.75) is 24.8 Å². The molecule has 10 nitrogen and oxygen atoms in total. The summed E-state index contributed by atoms with van der Waals surface area (Å²) in [7, 11) is -3.92. The highest BCUT2D eigenvalue weighted by Crippen LogP contribution is 2.12. The third-order valence-electron chi connectivity index (χ3n) is 4.27. The zero-order valence-electron chi connectivity index (χ0n) is 16.1. The van der Waals surface area contributed by atoms with Crippen LogP contribution < -0.4 is 21.1 Å². The Balaban J connectivity index is 1.67. The number of nitrogens with zero attached hydrogens (tertiary/aromatic N) is 1. The number of hydrogen-bond donors (Lipinski definition) is 4. The molecule has 2 amide bonds. The average Bonchev–Trinajstić information content (AvgIpc) is 2.72. The molecule has 0 saturated carbocycles. The fraction of sp³-hybridized carbons (Fsp3) is 0.158. The second kappa shape index (κ2) is 8.43. The molecular weight excluding hydrogens is 410 g/mol. The maximum atomic E-state index is 12.4. The molecule has 1 heterocycles. The molecule has 0 aliphatic rings. The Hall–Kier alpha value is -3.57. The van der Waals surface area contributed by atoms with E-state index in [0.29, 0.717) is 5.39 Å². The van der Waals surface area contributed by atoms with E-state index in [1.54, 1.807) is 30.3 Å². The number of hydrazine groups is 1. The van der Waals surface area contributed by atoms with Crippen LogP contribution in [-0.4, -0.2) is 36.5 Å². The lowest BCUT2D eigenvalue weighted by atomic mass is 10.1. The number of carbonyl (C=O) groups is 2. The monoisotopic (exact) mass is 429 g/mol. The van der Waals surface area contributed by atoms with Crippen LogP contribution in [0.4, 0.5) is 0 Å². The van der Waals surface area contributed by atoms with E-state index in [1.807, 2.05) is 6.92 Å². The van der Waals surface area contributed by atoms with E-state index in [9.17, 15) is 22.8 Å². The number of H-pyrrole nitrogens is 1. The Morgan fingerprint density at radius 3 is 2.30 bits per heavy atom. The van der Waals surface area contributed by atoms with Crippen LogP contribution in [0.25, 0.3) is 10.8 Å². The van der Waals surface area contributed by atoms with Gasteiger partial charge in [-0.1, -0.05) is 35.9 Å². The van der Waals surface area contributed by atoms with Gasteiger partial charge in [0.15, 0.2) is 5.69 Å². The van der Waals surface area contributed by atoms with Gasteiger partial charge < -0.3 is 0 Å². The molecule has 1 atom stereocenters. The van der Waals surface area contributed by atoms with Crippen molar-refractivity contribution in [3.8, 4) is 0 Å². The van der Waals surface area contributed by atoms with Crippen LogP contribution in [0.1, 0.15) is 23.0 Å². The minimum absolute atomic E-state index is 0.0145. The molecule has 11 heteroatoms. The largest absolute Gasteiger partial charge is 0.290 e. The molecule has 0 radical (unpaired) electrons. The average molecular weight is 429 g/mol.